The zero-order valence-corrected chi connectivity index (χ0v) is 18.4. The summed E-state index contributed by atoms with van der Waals surface area (Å²) in [6, 6.07) is 7.49. The van der Waals surface area contributed by atoms with Crippen LogP contribution in [0.2, 0.25) is 0 Å². The van der Waals surface area contributed by atoms with Crippen molar-refractivity contribution in [3.05, 3.63) is 66.0 Å². The van der Waals surface area contributed by atoms with E-state index in [2.05, 4.69) is 20.7 Å². The van der Waals surface area contributed by atoms with Gasteiger partial charge in [-0.15, -0.1) is 24.8 Å². The second kappa shape index (κ2) is 12.1. The first kappa shape index (κ1) is 27.0. The molecule has 0 radical (unpaired) electrons. The first-order chi connectivity index (χ1) is 14.3. The number of pyridine rings is 1. The van der Waals surface area contributed by atoms with Crippen LogP contribution in [0.5, 0.6) is 0 Å². The maximum atomic E-state index is 13.5. The molecule has 1 atom stereocenters. The predicted molar refractivity (Wildman–Crippen MR) is 119 cm³/mol. The number of carboxylic acids is 1. The summed E-state index contributed by atoms with van der Waals surface area (Å²) in [5.41, 5.74) is 1.77. The molecule has 8 nitrogen and oxygen atoms in total. The lowest BCUT2D eigenvalue weighted by molar-refractivity contribution is -0.136. The molecule has 0 spiro atoms. The Kier molecular flexibility index (Phi) is 10.2. The van der Waals surface area contributed by atoms with Crippen molar-refractivity contribution in [2.45, 2.75) is 12.5 Å². The molecule has 0 saturated carbocycles. The van der Waals surface area contributed by atoms with Crippen molar-refractivity contribution in [2.75, 3.05) is 11.9 Å². The number of anilines is 1. The zero-order valence-electron chi connectivity index (χ0n) is 16.8. The second-order valence-corrected chi connectivity index (χ2v) is 6.54. The summed E-state index contributed by atoms with van der Waals surface area (Å²) < 4.78 is 28.1. The molecule has 1 amide bonds. The summed E-state index contributed by atoms with van der Waals surface area (Å²) in [7, 11) is 1.65. The van der Waals surface area contributed by atoms with Gasteiger partial charge in [-0.2, -0.15) is 5.10 Å². The molecule has 0 bridgehead atoms. The van der Waals surface area contributed by atoms with Crippen LogP contribution in [0.25, 0.3) is 11.3 Å². The molecule has 0 fully saturated rings. The normalized spacial score (nSPS) is 11.1. The summed E-state index contributed by atoms with van der Waals surface area (Å²) in [6.45, 7) is -0.477. The number of carboxylic acid groups (broad SMARTS) is 1. The fourth-order valence-corrected chi connectivity index (χ4v) is 2.83. The van der Waals surface area contributed by atoms with Gasteiger partial charge in [0.25, 0.3) is 0 Å². The Hall–Kier alpha value is -3.08. The lowest BCUT2D eigenvalue weighted by Crippen LogP contribution is -2.44. The number of aromatic nitrogens is 3. The number of aliphatic carboxylic acids is 1. The van der Waals surface area contributed by atoms with Crippen LogP contribution in [0.3, 0.4) is 0 Å². The Morgan fingerprint density at radius 1 is 1.09 bits per heavy atom. The van der Waals surface area contributed by atoms with Crippen molar-refractivity contribution in [1.29, 1.82) is 0 Å². The van der Waals surface area contributed by atoms with Crippen LogP contribution in [0, 0.1) is 11.6 Å². The van der Waals surface area contributed by atoms with Crippen LogP contribution in [-0.2, 0) is 23.1 Å². The third kappa shape index (κ3) is 6.98. The summed E-state index contributed by atoms with van der Waals surface area (Å²) >= 11 is 0. The summed E-state index contributed by atoms with van der Waals surface area (Å²) in [4.78, 5) is 27.7. The maximum absolute atomic E-state index is 13.5. The van der Waals surface area contributed by atoms with E-state index in [0.29, 0.717) is 17.1 Å². The number of carbonyl (C=O) groups is 2. The van der Waals surface area contributed by atoms with Gasteiger partial charge in [-0.25, -0.2) is 8.78 Å². The van der Waals surface area contributed by atoms with Crippen LogP contribution in [0.4, 0.5) is 14.6 Å². The molecule has 0 aliphatic heterocycles. The Morgan fingerprint density at radius 3 is 2.41 bits per heavy atom. The fourth-order valence-electron chi connectivity index (χ4n) is 2.83. The van der Waals surface area contributed by atoms with Gasteiger partial charge in [-0.1, -0.05) is 6.07 Å². The van der Waals surface area contributed by atoms with Gasteiger partial charge in [0.2, 0.25) is 5.91 Å². The van der Waals surface area contributed by atoms with Crippen LogP contribution in [0.15, 0.2) is 48.8 Å². The van der Waals surface area contributed by atoms with E-state index in [0.717, 1.165) is 17.7 Å². The van der Waals surface area contributed by atoms with Gasteiger partial charge >= 0.3 is 5.97 Å². The number of benzene rings is 1. The van der Waals surface area contributed by atoms with Gasteiger partial charge in [-0.3, -0.25) is 24.6 Å². The Balaban J connectivity index is 0.00000256. The molecule has 0 saturated heterocycles. The largest absolute Gasteiger partial charge is 0.480 e. The highest BCUT2D eigenvalue weighted by atomic mass is 35.5. The van der Waals surface area contributed by atoms with Gasteiger partial charge in [0.05, 0.1) is 18.3 Å². The molecule has 0 aliphatic rings. The zero-order chi connectivity index (χ0) is 21.7. The minimum atomic E-state index is -1.15. The summed E-state index contributed by atoms with van der Waals surface area (Å²) in [6.07, 6.45) is 3.21. The number of hydrogen-bond acceptors (Lipinski definition) is 5. The van der Waals surface area contributed by atoms with E-state index in [1.54, 1.807) is 37.6 Å². The number of rotatable bonds is 8. The smallest absolute Gasteiger partial charge is 0.317 e. The highest BCUT2D eigenvalue weighted by Gasteiger charge is 2.22. The van der Waals surface area contributed by atoms with E-state index in [-0.39, 0.29) is 31.2 Å². The quantitative estimate of drug-likeness (QED) is 0.450. The van der Waals surface area contributed by atoms with Crippen molar-refractivity contribution in [3.63, 3.8) is 0 Å². The van der Waals surface area contributed by atoms with E-state index in [4.69, 9.17) is 5.11 Å². The molecule has 2 aromatic heterocycles. The number of nitrogens with one attached hydrogen (secondary N) is 2. The van der Waals surface area contributed by atoms with Gasteiger partial charge in [0.15, 0.2) is 11.6 Å². The highest BCUT2D eigenvalue weighted by Crippen LogP contribution is 2.21. The van der Waals surface area contributed by atoms with Crippen molar-refractivity contribution in [1.82, 2.24) is 20.1 Å². The SMILES string of the molecule is Cl.Cl.Cn1nc(-c2ccncc2)cc1NC(=O)[C@H](Cc1ccc(F)c(F)c1)NCC(=O)O. The number of aryl methyl sites for hydroxylation is 1. The minimum Gasteiger partial charge on any atom is -0.480 e. The molecule has 0 unspecified atom stereocenters. The highest BCUT2D eigenvalue weighted by molar-refractivity contribution is 5.95. The van der Waals surface area contributed by atoms with Gasteiger partial charge in [0.1, 0.15) is 5.82 Å². The molecule has 2 heterocycles. The molecule has 0 aliphatic carbocycles. The molecule has 3 rings (SSSR count). The number of halogens is 4. The maximum Gasteiger partial charge on any atom is 0.317 e. The fraction of sp³-hybridized carbons (Fsp3) is 0.200. The summed E-state index contributed by atoms with van der Waals surface area (Å²) in [5, 5.41) is 18.6. The van der Waals surface area contributed by atoms with E-state index in [9.17, 15) is 18.4 Å². The molecule has 3 N–H and O–H groups in total. The minimum absolute atomic E-state index is 0. The second-order valence-electron chi connectivity index (χ2n) is 6.54. The average molecular weight is 488 g/mol. The molecule has 12 heteroatoms. The standard InChI is InChI=1S/C20H19F2N5O3.2ClH/c1-27-18(10-16(26-27)13-4-6-23-7-5-13)25-20(30)17(24-11-19(28)29)9-12-2-3-14(21)15(22)8-12;;/h2-8,10,17,24H,9,11H2,1H3,(H,25,30)(H,28,29);2*1H/t17-;;/m0../s1. The van der Waals surface area contributed by atoms with Gasteiger partial charge in [-0.05, 0) is 36.2 Å². The number of nitrogens with zero attached hydrogens (tertiary/aromatic N) is 3. The molecular weight excluding hydrogens is 467 g/mol. The Labute approximate surface area is 194 Å². The topological polar surface area (TPSA) is 109 Å². The number of hydrogen-bond donors (Lipinski definition) is 3. The lowest BCUT2D eigenvalue weighted by atomic mass is 10.0. The van der Waals surface area contributed by atoms with E-state index >= 15 is 0 Å². The first-order valence-corrected chi connectivity index (χ1v) is 8.98. The number of carbonyl (C=O) groups excluding carboxylic acids is 1. The first-order valence-electron chi connectivity index (χ1n) is 8.98. The third-order valence-corrected chi connectivity index (χ3v) is 4.35. The lowest BCUT2D eigenvalue weighted by Gasteiger charge is -2.17. The van der Waals surface area contributed by atoms with E-state index in [1.807, 2.05) is 0 Å². The van der Waals surface area contributed by atoms with Crippen LogP contribution in [-0.4, -0.2) is 44.3 Å². The Morgan fingerprint density at radius 2 is 1.78 bits per heavy atom. The average Bonchev–Trinajstić information content (AvgIpc) is 3.08. The third-order valence-electron chi connectivity index (χ3n) is 4.35. The molecule has 32 heavy (non-hydrogen) atoms. The van der Waals surface area contributed by atoms with Crippen LogP contribution < -0.4 is 10.6 Å². The van der Waals surface area contributed by atoms with Crippen LogP contribution >= 0.6 is 24.8 Å². The van der Waals surface area contributed by atoms with Crippen molar-refractivity contribution < 1.29 is 23.5 Å². The van der Waals surface area contributed by atoms with Gasteiger partial charge in [0, 0.05) is 31.1 Å². The van der Waals surface area contributed by atoms with E-state index < -0.39 is 36.1 Å². The number of amides is 1. The predicted octanol–water partition coefficient (Wildman–Crippen LogP) is 2.83. The van der Waals surface area contributed by atoms with Crippen molar-refractivity contribution in [3.8, 4) is 11.3 Å². The van der Waals surface area contributed by atoms with Crippen LogP contribution in [0.1, 0.15) is 5.56 Å². The Bertz CT molecular complexity index is 1070. The van der Waals surface area contributed by atoms with Crippen molar-refractivity contribution >= 4 is 42.5 Å². The van der Waals surface area contributed by atoms with Crippen molar-refractivity contribution in [2.24, 2.45) is 7.05 Å². The monoisotopic (exact) mass is 487 g/mol. The molecular formula is C20H21Cl2F2N5O3. The van der Waals surface area contributed by atoms with Gasteiger partial charge < -0.3 is 10.4 Å². The molecule has 1 aromatic carbocycles. The molecule has 172 valence electrons. The molecule has 3 aromatic rings. The van der Waals surface area contributed by atoms with E-state index in [1.165, 1.54) is 10.7 Å². The summed E-state index contributed by atoms with van der Waals surface area (Å²) in [5.74, 6) is -3.35.